The third kappa shape index (κ3) is 8.16. The molecule has 2 amide bonds. The summed E-state index contributed by atoms with van der Waals surface area (Å²) in [7, 11) is 0. The lowest BCUT2D eigenvalue weighted by Crippen LogP contribution is -2.20. The van der Waals surface area contributed by atoms with Crippen molar-refractivity contribution in [1.29, 1.82) is 0 Å². The molecule has 2 N–H and O–H groups in total. The number of ether oxygens (including phenoxy) is 1. The average molecular weight is 454 g/mol. The minimum atomic E-state index is -0.288. The van der Waals surface area contributed by atoms with E-state index in [9.17, 15) is 9.59 Å². The summed E-state index contributed by atoms with van der Waals surface area (Å²) in [6.45, 7) is -0.130. The Labute approximate surface area is 189 Å². The van der Waals surface area contributed by atoms with Crippen molar-refractivity contribution < 1.29 is 14.3 Å². The fourth-order valence-corrected chi connectivity index (χ4v) is 3.34. The highest BCUT2D eigenvalue weighted by molar-refractivity contribution is 8.00. The predicted octanol–water partition coefficient (Wildman–Crippen LogP) is 4.60. The van der Waals surface area contributed by atoms with E-state index < -0.39 is 0 Å². The van der Waals surface area contributed by atoms with Gasteiger partial charge in [0.15, 0.2) is 6.61 Å². The summed E-state index contributed by atoms with van der Waals surface area (Å²) in [5.74, 6) is 0.354. The molecule has 3 rings (SSSR count). The zero-order valence-electron chi connectivity index (χ0n) is 16.5. The second-order valence-corrected chi connectivity index (χ2v) is 7.80. The van der Waals surface area contributed by atoms with Crippen molar-refractivity contribution in [2.24, 2.45) is 5.10 Å². The van der Waals surface area contributed by atoms with Crippen LogP contribution in [0.1, 0.15) is 5.56 Å². The molecule has 0 aliphatic carbocycles. The molecule has 158 valence electrons. The molecule has 0 saturated carbocycles. The van der Waals surface area contributed by atoms with Crippen molar-refractivity contribution in [3.8, 4) is 5.75 Å². The monoisotopic (exact) mass is 453 g/mol. The molecule has 0 unspecified atom stereocenters. The first-order chi connectivity index (χ1) is 15.1. The number of carbonyl (C=O) groups is 2. The molecule has 3 aromatic rings. The number of nitrogens with one attached hydrogen (secondary N) is 2. The van der Waals surface area contributed by atoms with E-state index in [-0.39, 0.29) is 24.2 Å². The van der Waals surface area contributed by atoms with Gasteiger partial charge in [0.2, 0.25) is 5.91 Å². The number of carbonyl (C=O) groups excluding carboxylic acids is 2. The zero-order chi connectivity index (χ0) is 21.9. The molecule has 0 aliphatic heterocycles. The van der Waals surface area contributed by atoms with Crippen LogP contribution in [0, 0.1) is 0 Å². The molecule has 0 spiro atoms. The Kier molecular flexibility index (Phi) is 8.51. The molecule has 3 aromatic carbocycles. The largest absolute Gasteiger partial charge is 0.484 e. The molecule has 8 heteroatoms. The molecule has 0 bridgehead atoms. The van der Waals surface area contributed by atoms with E-state index in [0.717, 1.165) is 10.5 Å². The van der Waals surface area contributed by atoms with Gasteiger partial charge in [-0.25, -0.2) is 5.43 Å². The molecule has 31 heavy (non-hydrogen) atoms. The van der Waals surface area contributed by atoms with Gasteiger partial charge in [-0.05, 0) is 60.2 Å². The Morgan fingerprint density at radius 2 is 1.74 bits per heavy atom. The highest BCUT2D eigenvalue weighted by Gasteiger charge is 2.05. The number of hydrazone groups is 1. The zero-order valence-corrected chi connectivity index (χ0v) is 18.0. The fourth-order valence-electron chi connectivity index (χ4n) is 2.44. The summed E-state index contributed by atoms with van der Waals surface area (Å²) in [5.41, 5.74) is 3.89. The first-order valence-electron chi connectivity index (χ1n) is 9.36. The van der Waals surface area contributed by atoms with Crippen LogP contribution in [0.15, 0.2) is 88.9 Å². The normalized spacial score (nSPS) is 10.6. The summed E-state index contributed by atoms with van der Waals surface area (Å²) in [5, 5.41) is 7.21. The van der Waals surface area contributed by atoms with E-state index in [4.69, 9.17) is 16.3 Å². The minimum absolute atomic E-state index is 0.130. The molecule has 0 aromatic heterocycles. The van der Waals surface area contributed by atoms with E-state index in [1.54, 1.807) is 54.7 Å². The molecule has 0 heterocycles. The number of anilines is 1. The molecule has 0 atom stereocenters. The third-order valence-corrected chi connectivity index (χ3v) is 5.12. The van der Waals surface area contributed by atoms with E-state index >= 15 is 0 Å². The predicted molar refractivity (Wildman–Crippen MR) is 125 cm³/mol. The highest BCUT2D eigenvalue weighted by atomic mass is 35.5. The van der Waals surface area contributed by atoms with E-state index in [0.29, 0.717) is 16.5 Å². The molecular formula is C23H20ClN3O3S. The summed E-state index contributed by atoms with van der Waals surface area (Å²) in [4.78, 5) is 24.8. The molecule has 0 aliphatic rings. The quantitative estimate of drug-likeness (QED) is 0.282. The van der Waals surface area contributed by atoms with Crippen LogP contribution < -0.4 is 15.5 Å². The van der Waals surface area contributed by atoms with Crippen molar-refractivity contribution in [3.05, 3.63) is 89.4 Å². The first-order valence-corrected chi connectivity index (χ1v) is 10.7. The number of halogens is 1. The summed E-state index contributed by atoms with van der Waals surface area (Å²) in [6, 6.07) is 23.6. The van der Waals surface area contributed by atoms with Crippen molar-refractivity contribution in [1.82, 2.24) is 5.43 Å². The highest BCUT2D eigenvalue weighted by Crippen LogP contribution is 2.17. The number of hydrogen-bond donors (Lipinski definition) is 2. The van der Waals surface area contributed by atoms with Crippen LogP contribution in [0.25, 0.3) is 0 Å². The second-order valence-electron chi connectivity index (χ2n) is 6.31. The fraction of sp³-hybridized carbons (Fsp3) is 0.0870. The van der Waals surface area contributed by atoms with Gasteiger partial charge in [-0.1, -0.05) is 35.9 Å². The lowest BCUT2D eigenvalue weighted by atomic mass is 10.2. The summed E-state index contributed by atoms with van der Waals surface area (Å²) in [6.07, 6.45) is 1.54. The Morgan fingerprint density at radius 1 is 0.968 bits per heavy atom. The van der Waals surface area contributed by atoms with E-state index in [2.05, 4.69) is 15.8 Å². The van der Waals surface area contributed by atoms with Crippen LogP contribution >= 0.6 is 23.4 Å². The van der Waals surface area contributed by atoms with Gasteiger partial charge in [0.1, 0.15) is 5.75 Å². The maximum absolute atomic E-state index is 12.0. The average Bonchev–Trinajstić information content (AvgIpc) is 2.78. The third-order valence-electron chi connectivity index (χ3n) is 3.87. The molecule has 0 radical (unpaired) electrons. The Balaban J connectivity index is 1.39. The van der Waals surface area contributed by atoms with E-state index in [1.807, 2.05) is 30.3 Å². The maximum Gasteiger partial charge on any atom is 0.262 e. The second kappa shape index (κ2) is 11.8. The minimum Gasteiger partial charge on any atom is -0.484 e. The number of rotatable bonds is 9. The lowest BCUT2D eigenvalue weighted by molar-refractivity contribution is -0.119. The van der Waals surface area contributed by atoms with Gasteiger partial charge < -0.3 is 10.1 Å². The molecule has 6 nitrogen and oxygen atoms in total. The van der Waals surface area contributed by atoms with Crippen LogP contribution in [-0.2, 0) is 9.59 Å². The van der Waals surface area contributed by atoms with Crippen molar-refractivity contribution in [2.45, 2.75) is 4.90 Å². The van der Waals surface area contributed by atoms with Crippen LogP contribution in [0.4, 0.5) is 5.69 Å². The standard InChI is InChI=1S/C23H20ClN3O3S/c24-18-5-4-6-19(13-18)26-22(28)15-30-20-11-9-17(10-12-20)14-25-27-23(29)16-31-21-7-2-1-3-8-21/h1-14H,15-16H2,(H,26,28)(H,27,29)/b25-14-. The van der Waals surface area contributed by atoms with Gasteiger partial charge in [-0.2, -0.15) is 5.10 Å². The topological polar surface area (TPSA) is 79.8 Å². The van der Waals surface area contributed by atoms with Crippen LogP contribution in [0.3, 0.4) is 0 Å². The maximum atomic E-state index is 12.0. The first kappa shape index (κ1) is 22.4. The number of amides is 2. The van der Waals surface area contributed by atoms with Gasteiger partial charge in [-0.15, -0.1) is 11.8 Å². The molecular weight excluding hydrogens is 434 g/mol. The SMILES string of the molecule is O=C(CSc1ccccc1)N/N=C\c1ccc(OCC(=O)Nc2cccc(Cl)c2)cc1. The van der Waals surface area contributed by atoms with Crippen molar-refractivity contribution in [2.75, 3.05) is 17.7 Å². The van der Waals surface area contributed by atoms with Crippen LogP contribution in [0.2, 0.25) is 5.02 Å². The van der Waals surface area contributed by atoms with Crippen LogP contribution in [0.5, 0.6) is 5.75 Å². The summed E-state index contributed by atoms with van der Waals surface area (Å²) >= 11 is 7.34. The number of thioether (sulfide) groups is 1. The Morgan fingerprint density at radius 3 is 2.48 bits per heavy atom. The number of hydrogen-bond acceptors (Lipinski definition) is 5. The number of benzene rings is 3. The van der Waals surface area contributed by atoms with E-state index in [1.165, 1.54) is 11.8 Å². The van der Waals surface area contributed by atoms with Gasteiger partial charge in [0.25, 0.3) is 5.91 Å². The summed E-state index contributed by atoms with van der Waals surface area (Å²) < 4.78 is 5.48. The van der Waals surface area contributed by atoms with Gasteiger partial charge in [0.05, 0.1) is 12.0 Å². The van der Waals surface area contributed by atoms with Gasteiger partial charge in [0, 0.05) is 15.6 Å². The molecule has 0 saturated heterocycles. The van der Waals surface area contributed by atoms with Gasteiger partial charge in [-0.3, -0.25) is 9.59 Å². The van der Waals surface area contributed by atoms with Crippen LogP contribution in [-0.4, -0.2) is 30.4 Å². The number of nitrogens with zero attached hydrogens (tertiary/aromatic N) is 1. The van der Waals surface area contributed by atoms with Gasteiger partial charge >= 0.3 is 0 Å². The Hall–Kier alpha value is -3.29. The Bertz CT molecular complexity index is 1040. The molecule has 0 fully saturated rings. The van der Waals surface area contributed by atoms with Crippen molar-refractivity contribution in [3.63, 3.8) is 0 Å². The lowest BCUT2D eigenvalue weighted by Gasteiger charge is -2.08. The van der Waals surface area contributed by atoms with Crippen molar-refractivity contribution >= 4 is 47.1 Å². The smallest absolute Gasteiger partial charge is 0.262 e.